The third-order valence-electron chi connectivity index (χ3n) is 2.06. The molecule has 102 valence electrons. The summed E-state index contributed by atoms with van der Waals surface area (Å²) in [5, 5.41) is 2.78. The molecular formula is C11H12F5NS. The first-order valence-electron chi connectivity index (χ1n) is 5.23. The summed E-state index contributed by atoms with van der Waals surface area (Å²) in [4.78, 5) is 0. The van der Waals surface area contributed by atoms with Crippen LogP contribution in [0.3, 0.4) is 0 Å². The maximum Gasteiger partial charge on any atom is 0.441 e. The van der Waals surface area contributed by atoms with Gasteiger partial charge < -0.3 is 5.32 Å². The average Bonchev–Trinajstić information content (AvgIpc) is 2.20. The normalized spacial score (nSPS) is 11.8. The van der Waals surface area contributed by atoms with Crippen molar-refractivity contribution in [2.24, 2.45) is 0 Å². The fourth-order valence-corrected chi connectivity index (χ4v) is 1.83. The second kappa shape index (κ2) is 6.94. The summed E-state index contributed by atoms with van der Waals surface area (Å²) in [6, 6.07) is 3.18. The van der Waals surface area contributed by atoms with Crippen LogP contribution in [-0.2, 0) is 6.42 Å². The number of thioether (sulfide) groups is 1. The van der Waals surface area contributed by atoms with Crippen molar-refractivity contribution in [1.82, 2.24) is 5.32 Å². The van der Waals surface area contributed by atoms with Crippen LogP contribution < -0.4 is 5.32 Å². The predicted octanol–water partition coefficient (Wildman–Crippen LogP) is 3.35. The van der Waals surface area contributed by atoms with E-state index in [9.17, 15) is 22.0 Å². The van der Waals surface area contributed by atoms with Crippen molar-refractivity contribution in [1.29, 1.82) is 0 Å². The van der Waals surface area contributed by atoms with Crippen molar-refractivity contribution in [3.05, 3.63) is 35.4 Å². The van der Waals surface area contributed by atoms with E-state index in [0.29, 0.717) is 18.5 Å². The van der Waals surface area contributed by atoms with Gasteiger partial charge in [0, 0.05) is 18.4 Å². The zero-order valence-electron chi connectivity index (χ0n) is 9.36. The number of halogens is 5. The Bertz CT molecular complexity index is 360. The summed E-state index contributed by atoms with van der Waals surface area (Å²) < 4.78 is 60.9. The topological polar surface area (TPSA) is 12.0 Å². The fraction of sp³-hybridized carbons (Fsp3) is 0.455. The number of hydrogen-bond acceptors (Lipinski definition) is 2. The standard InChI is InChI=1S/C11H12F5NS/c12-9-5-8(6-10(13)7-9)1-2-17-3-4-18-11(14,15)16/h5-7,17H,1-4H2. The van der Waals surface area contributed by atoms with Gasteiger partial charge in [0.2, 0.25) is 0 Å². The zero-order valence-corrected chi connectivity index (χ0v) is 10.2. The summed E-state index contributed by atoms with van der Waals surface area (Å²) in [6.45, 7) is 0.573. The van der Waals surface area contributed by atoms with Crippen LogP contribution >= 0.6 is 11.8 Å². The molecule has 0 aliphatic carbocycles. The van der Waals surface area contributed by atoms with Gasteiger partial charge in [-0.2, -0.15) is 13.2 Å². The lowest BCUT2D eigenvalue weighted by Crippen LogP contribution is -2.21. The van der Waals surface area contributed by atoms with Gasteiger partial charge in [0.15, 0.2) is 0 Å². The number of hydrogen-bond donors (Lipinski definition) is 1. The number of alkyl halides is 3. The summed E-state index contributed by atoms with van der Waals surface area (Å²) in [7, 11) is 0. The Morgan fingerprint density at radius 2 is 1.61 bits per heavy atom. The first kappa shape index (κ1) is 15.2. The Morgan fingerprint density at radius 1 is 1.00 bits per heavy atom. The third kappa shape index (κ3) is 6.80. The molecule has 7 heteroatoms. The molecule has 0 fully saturated rings. The minimum atomic E-state index is -4.21. The molecule has 18 heavy (non-hydrogen) atoms. The quantitative estimate of drug-likeness (QED) is 0.635. The maximum absolute atomic E-state index is 12.8. The molecule has 0 spiro atoms. The Morgan fingerprint density at radius 3 is 2.17 bits per heavy atom. The maximum atomic E-state index is 12.8. The fourth-order valence-electron chi connectivity index (χ4n) is 1.35. The van der Waals surface area contributed by atoms with Gasteiger partial charge in [-0.05, 0) is 42.4 Å². The largest absolute Gasteiger partial charge is 0.441 e. The van der Waals surface area contributed by atoms with Crippen molar-refractivity contribution >= 4 is 11.8 Å². The Labute approximate surface area is 106 Å². The molecule has 1 aromatic carbocycles. The highest BCUT2D eigenvalue weighted by molar-refractivity contribution is 8.00. The van der Waals surface area contributed by atoms with Crippen molar-refractivity contribution in [2.75, 3.05) is 18.8 Å². The molecule has 1 nitrogen and oxygen atoms in total. The lowest BCUT2D eigenvalue weighted by molar-refractivity contribution is -0.0327. The third-order valence-corrected chi connectivity index (χ3v) is 2.79. The van der Waals surface area contributed by atoms with Gasteiger partial charge in [-0.3, -0.25) is 0 Å². The van der Waals surface area contributed by atoms with E-state index in [0.717, 1.165) is 6.07 Å². The summed E-state index contributed by atoms with van der Waals surface area (Å²) in [5.74, 6) is -1.39. The number of nitrogens with one attached hydrogen (secondary N) is 1. The lowest BCUT2D eigenvalue weighted by Gasteiger charge is -2.07. The molecule has 1 aromatic rings. The van der Waals surface area contributed by atoms with Gasteiger partial charge in [-0.1, -0.05) is 0 Å². The van der Waals surface area contributed by atoms with E-state index in [-0.39, 0.29) is 24.1 Å². The first-order chi connectivity index (χ1) is 8.37. The van der Waals surface area contributed by atoms with Gasteiger partial charge in [0.1, 0.15) is 11.6 Å². The van der Waals surface area contributed by atoms with Crippen molar-refractivity contribution in [3.8, 4) is 0 Å². The summed E-state index contributed by atoms with van der Waals surface area (Å²) in [5.41, 5.74) is -3.74. The molecule has 1 rings (SSSR count). The van der Waals surface area contributed by atoms with Crippen LogP contribution in [-0.4, -0.2) is 24.4 Å². The van der Waals surface area contributed by atoms with Gasteiger partial charge in [-0.15, -0.1) is 0 Å². The van der Waals surface area contributed by atoms with Crippen molar-refractivity contribution < 1.29 is 22.0 Å². The van der Waals surface area contributed by atoms with Gasteiger partial charge >= 0.3 is 5.51 Å². The van der Waals surface area contributed by atoms with E-state index in [1.165, 1.54) is 12.1 Å². The number of benzene rings is 1. The van der Waals surface area contributed by atoms with Crippen LogP contribution in [0.2, 0.25) is 0 Å². The van der Waals surface area contributed by atoms with E-state index >= 15 is 0 Å². The monoisotopic (exact) mass is 285 g/mol. The molecule has 0 bridgehead atoms. The molecule has 0 aromatic heterocycles. The molecule has 0 radical (unpaired) electrons. The van der Waals surface area contributed by atoms with Crippen LogP contribution in [0, 0.1) is 11.6 Å². The lowest BCUT2D eigenvalue weighted by atomic mass is 10.1. The van der Waals surface area contributed by atoms with E-state index in [1.807, 2.05) is 0 Å². The highest BCUT2D eigenvalue weighted by Crippen LogP contribution is 2.29. The predicted molar refractivity (Wildman–Crippen MR) is 61.4 cm³/mol. The van der Waals surface area contributed by atoms with Crippen LogP contribution in [0.4, 0.5) is 22.0 Å². The Kier molecular flexibility index (Phi) is 5.87. The first-order valence-corrected chi connectivity index (χ1v) is 6.22. The van der Waals surface area contributed by atoms with E-state index in [2.05, 4.69) is 5.32 Å². The number of rotatable bonds is 6. The molecule has 1 N–H and O–H groups in total. The molecular weight excluding hydrogens is 273 g/mol. The van der Waals surface area contributed by atoms with E-state index in [4.69, 9.17) is 0 Å². The minimum absolute atomic E-state index is 0.0823. The molecule has 0 aliphatic heterocycles. The Hall–Kier alpha value is -0.820. The Balaban J connectivity index is 2.18. The molecule has 0 amide bonds. The average molecular weight is 285 g/mol. The minimum Gasteiger partial charge on any atom is -0.316 e. The van der Waals surface area contributed by atoms with Crippen LogP contribution in [0.15, 0.2) is 18.2 Å². The van der Waals surface area contributed by atoms with Gasteiger partial charge in [0.05, 0.1) is 0 Å². The van der Waals surface area contributed by atoms with Gasteiger partial charge in [0.25, 0.3) is 0 Å². The molecule has 0 unspecified atom stereocenters. The van der Waals surface area contributed by atoms with Crippen molar-refractivity contribution in [3.63, 3.8) is 0 Å². The summed E-state index contributed by atoms with van der Waals surface area (Å²) >= 11 is -0.0978. The molecule has 0 atom stereocenters. The molecule has 0 saturated heterocycles. The van der Waals surface area contributed by atoms with Crippen LogP contribution in [0.5, 0.6) is 0 Å². The molecule has 0 aliphatic rings. The highest BCUT2D eigenvalue weighted by Gasteiger charge is 2.27. The second-order valence-corrected chi connectivity index (χ2v) is 4.73. The van der Waals surface area contributed by atoms with E-state index in [1.54, 1.807) is 0 Å². The van der Waals surface area contributed by atoms with Crippen molar-refractivity contribution in [2.45, 2.75) is 11.9 Å². The zero-order chi connectivity index (χ0) is 13.6. The van der Waals surface area contributed by atoms with Crippen LogP contribution in [0.25, 0.3) is 0 Å². The van der Waals surface area contributed by atoms with E-state index < -0.39 is 17.1 Å². The van der Waals surface area contributed by atoms with Gasteiger partial charge in [-0.25, -0.2) is 8.78 Å². The smallest absolute Gasteiger partial charge is 0.316 e. The second-order valence-electron chi connectivity index (χ2n) is 3.57. The SMILES string of the molecule is Fc1cc(F)cc(CCNCCSC(F)(F)F)c1. The summed E-state index contributed by atoms with van der Waals surface area (Å²) in [6.07, 6.45) is 0.366. The highest BCUT2D eigenvalue weighted by atomic mass is 32.2. The molecule has 0 saturated carbocycles. The molecule has 0 heterocycles. The van der Waals surface area contributed by atoms with Crippen LogP contribution in [0.1, 0.15) is 5.56 Å².